The van der Waals surface area contributed by atoms with E-state index in [4.69, 9.17) is 26.5 Å². The molecule has 17 heavy (non-hydrogen) atoms. The average Bonchev–Trinajstić information content (AvgIpc) is 2.75. The Labute approximate surface area is 104 Å². The van der Waals surface area contributed by atoms with Crippen molar-refractivity contribution in [3.63, 3.8) is 0 Å². The van der Waals surface area contributed by atoms with Crippen molar-refractivity contribution in [2.24, 2.45) is 5.73 Å². The van der Waals surface area contributed by atoms with Crippen LogP contribution in [0.3, 0.4) is 0 Å². The van der Waals surface area contributed by atoms with E-state index in [0.717, 1.165) is 0 Å². The van der Waals surface area contributed by atoms with Gasteiger partial charge in [0, 0.05) is 19.1 Å². The standard InChI is InChI=1S/C11H15ClN2O3/c1-7(13)9-6-14(4-5-16-9)11(15)8-2-3-10(12)17-8/h2-3,7,9H,4-6,13H2,1H3. The maximum Gasteiger partial charge on any atom is 0.289 e. The zero-order chi connectivity index (χ0) is 12.4. The molecule has 2 atom stereocenters. The zero-order valence-electron chi connectivity index (χ0n) is 9.56. The molecule has 2 unspecified atom stereocenters. The number of nitrogens with zero attached hydrogens (tertiary/aromatic N) is 1. The van der Waals surface area contributed by atoms with Crippen LogP contribution in [0.25, 0.3) is 0 Å². The van der Waals surface area contributed by atoms with Gasteiger partial charge in [-0.2, -0.15) is 0 Å². The van der Waals surface area contributed by atoms with Crippen molar-refractivity contribution >= 4 is 17.5 Å². The maximum atomic E-state index is 12.1. The van der Waals surface area contributed by atoms with Crippen molar-refractivity contribution in [2.75, 3.05) is 19.7 Å². The summed E-state index contributed by atoms with van der Waals surface area (Å²) in [6, 6.07) is 3.02. The Bertz CT molecular complexity index is 405. The molecular formula is C11H15ClN2O3. The molecule has 0 spiro atoms. The van der Waals surface area contributed by atoms with Gasteiger partial charge < -0.3 is 19.8 Å². The number of carbonyl (C=O) groups excluding carboxylic acids is 1. The number of rotatable bonds is 2. The van der Waals surface area contributed by atoms with Crippen LogP contribution in [-0.4, -0.2) is 42.6 Å². The highest BCUT2D eigenvalue weighted by molar-refractivity contribution is 6.29. The number of halogens is 1. The quantitative estimate of drug-likeness (QED) is 0.863. The number of ether oxygens (including phenoxy) is 1. The van der Waals surface area contributed by atoms with Crippen LogP contribution in [-0.2, 0) is 4.74 Å². The first-order valence-electron chi connectivity index (χ1n) is 5.49. The minimum absolute atomic E-state index is 0.106. The third-order valence-electron chi connectivity index (χ3n) is 2.75. The second-order valence-corrected chi connectivity index (χ2v) is 4.50. The summed E-state index contributed by atoms with van der Waals surface area (Å²) in [5, 5.41) is 0.213. The molecule has 2 heterocycles. The number of amides is 1. The highest BCUT2D eigenvalue weighted by Gasteiger charge is 2.28. The monoisotopic (exact) mass is 258 g/mol. The van der Waals surface area contributed by atoms with Crippen LogP contribution < -0.4 is 5.73 Å². The van der Waals surface area contributed by atoms with Gasteiger partial charge in [-0.15, -0.1) is 0 Å². The van der Waals surface area contributed by atoms with Gasteiger partial charge in [0.1, 0.15) is 0 Å². The normalized spacial score (nSPS) is 22.5. The van der Waals surface area contributed by atoms with Gasteiger partial charge in [0.25, 0.3) is 5.91 Å². The van der Waals surface area contributed by atoms with Crippen molar-refractivity contribution in [2.45, 2.75) is 19.1 Å². The molecule has 6 heteroatoms. The molecule has 0 bridgehead atoms. The van der Waals surface area contributed by atoms with Crippen LogP contribution in [0.4, 0.5) is 0 Å². The molecule has 1 amide bonds. The first-order valence-corrected chi connectivity index (χ1v) is 5.87. The van der Waals surface area contributed by atoms with Gasteiger partial charge in [-0.05, 0) is 30.7 Å². The highest BCUT2D eigenvalue weighted by Crippen LogP contribution is 2.17. The van der Waals surface area contributed by atoms with Crippen LogP contribution in [0, 0.1) is 0 Å². The van der Waals surface area contributed by atoms with Crippen LogP contribution in [0.5, 0.6) is 0 Å². The van der Waals surface area contributed by atoms with Crippen LogP contribution in [0.1, 0.15) is 17.5 Å². The molecule has 2 rings (SSSR count). The summed E-state index contributed by atoms with van der Waals surface area (Å²) in [5.74, 6) is 0.0752. The van der Waals surface area contributed by atoms with Gasteiger partial charge >= 0.3 is 0 Å². The Morgan fingerprint density at radius 1 is 1.65 bits per heavy atom. The van der Waals surface area contributed by atoms with Gasteiger partial charge in [-0.25, -0.2) is 0 Å². The van der Waals surface area contributed by atoms with E-state index >= 15 is 0 Å². The number of furan rings is 1. The molecule has 5 nitrogen and oxygen atoms in total. The maximum absolute atomic E-state index is 12.1. The fourth-order valence-corrected chi connectivity index (χ4v) is 1.91. The molecule has 94 valence electrons. The summed E-state index contributed by atoms with van der Waals surface area (Å²) < 4.78 is 10.6. The molecule has 1 aromatic heterocycles. The Morgan fingerprint density at radius 3 is 3.00 bits per heavy atom. The topological polar surface area (TPSA) is 68.7 Å². The Morgan fingerprint density at radius 2 is 2.41 bits per heavy atom. The molecule has 2 N–H and O–H groups in total. The van der Waals surface area contributed by atoms with E-state index in [1.165, 1.54) is 0 Å². The Balaban J connectivity index is 2.04. The van der Waals surface area contributed by atoms with E-state index in [1.807, 2.05) is 6.92 Å². The van der Waals surface area contributed by atoms with E-state index < -0.39 is 0 Å². The molecule has 0 radical (unpaired) electrons. The second-order valence-electron chi connectivity index (χ2n) is 4.12. The van der Waals surface area contributed by atoms with Gasteiger partial charge in [0.05, 0.1) is 12.7 Å². The summed E-state index contributed by atoms with van der Waals surface area (Å²) >= 11 is 5.64. The lowest BCUT2D eigenvalue weighted by Gasteiger charge is -2.34. The number of hydrogen-bond acceptors (Lipinski definition) is 4. The fourth-order valence-electron chi connectivity index (χ4n) is 1.76. The lowest BCUT2D eigenvalue weighted by Crippen LogP contribution is -2.51. The van der Waals surface area contributed by atoms with Crippen LogP contribution in [0.15, 0.2) is 16.5 Å². The third-order valence-corrected chi connectivity index (χ3v) is 2.95. The number of hydrogen-bond donors (Lipinski definition) is 1. The molecule has 1 aliphatic heterocycles. The first-order chi connectivity index (χ1) is 8.08. The van der Waals surface area contributed by atoms with E-state index in [2.05, 4.69) is 0 Å². The smallest absolute Gasteiger partial charge is 0.289 e. The van der Waals surface area contributed by atoms with Crippen molar-refractivity contribution < 1.29 is 13.9 Å². The van der Waals surface area contributed by atoms with Crippen molar-refractivity contribution in [1.82, 2.24) is 4.90 Å². The third kappa shape index (κ3) is 2.80. The SMILES string of the molecule is CC(N)C1CN(C(=O)c2ccc(Cl)o2)CCO1. The van der Waals surface area contributed by atoms with Gasteiger partial charge in [0.15, 0.2) is 11.0 Å². The fraction of sp³-hybridized carbons (Fsp3) is 0.545. The van der Waals surface area contributed by atoms with E-state index in [-0.39, 0.29) is 29.0 Å². The molecular weight excluding hydrogens is 244 g/mol. The predicted molar refractivity (Wildman–Crippen MR) is 63.0 cm³/mol. The van der Waals surface area contributed by atoms with Crippen molar-refractivity contribution in [1.29, 1.82) is 0 Å². The number of nitrogens with two attached hydrogens (primary N) is 1. The highest BCUT2D eigenvalue weighted by atomic mass is 35.5. The first kappa shape index (κ1) is 12.4. The summed E-state index contributed by atoms with van der Waals surface area (Å²) in [5.41, 5.74) is 5.76. The molecule has 0 aliphatic carbocycles. The summed E-state index contributed by atoms with van der Waals surface area (Å²) in [4.78, 5) is 13.7. The van der Waals surface area contributed by atoms with Crippen molar-refractivity contribution in [3.05, 3.63) is 23.1 Å². The summed E-state index contributed by atoms with van der Waals surface area (Å²) in [6.45, 7) is 3.38. The molecule has 1 fully saturated rings. The largest absolute Gasteiger partial charge is 0.440 e. The average molecular weight is 259 g/mol. The van der Waals surface area contributed by atoms with Gasteiger partial charge in [-0.1, -0.05) is 0 Å². The van der Waals surface area contributed by atoms with Gasteiger partial charge in [0.2, 0.25) is 0 Å². The molecule has 0 aromatic carbocycles. The Hall–Kier alpha value is -1.04. The minimum Gasteiger partial charge on any atom is -0.440 e. The van der Waals surface area contributed by atoms with E-state index in [1.54, 1.807) is 17.0 Å². The number of morpholine rings is 1. The lowest BCUT2D eigenvalue weighted by molar-refractivity contribution is -0.0308. The molecule has 1 aliphatic rings. The lowest BCUT2D eigenvalue weighted by atomic mass is 10.1. The Kier molecular flexibility index (Phi) is 3.71. The van der Waals surface area contributed by atoms with Gasteiger partial charge in [-0.3, -0.25) is 4.79 Å². The second kappa shape index (κ2) is 5.08. The van der Waals surface area contributed by atoms with Crippen LogP contribution in [0.2, 0.25) is 5.22 Å². The van der Waals surface area contributed by atoms with Crippen molar-refractivity contribution in [3.8, 4) is 0 Å². The molecule has 0 saturated carbocycles. The molecule has 1 aromatic rings. The summed E-state index contributed by atoms with van der Waals surface area (Å²) in [6.07, 6.45) is -0.127. The zero-order valence-corrected chi connectivity index (χ0v) is 10.3. The van der Waals surface area contributed by atoms with E-state index in [0.29, 0.717) is 19.7 Å². The molecule has 1 saturated heterocycles. The number of carbonyl (C=O) groups is 1. The van der Waals surface area contributed by atoms with Crippen LogP contribution >= 0.6 is 11.6 Å². The summed E-state index contributed by atoms with van der Waals surface area (Å²) in [7, 11) is 0. The minimum atomic E-state index is -0.175. The predicted octanol–water partition coefficient (Wildman–Crippen LogP) is 1.12. The van der Waals surface area contributed by atoms with E-state index in [9.17, 15) is 4.79 Å².